The highest BCUT2D eigenvalue weighted by Gasteiger charge is 2.19. The normalized spacial score (nSPS) is 13.8. The fourth-order valence-corrected chi connectivity index (χ4v) is 4.51. The van der Waals surface area contributed by atoms with Crippen molar-refractivity contribution in [2.45, 2.75) is 30.6 Å². The minimum atomic E-state index is -3.38. The van der Waals surface area contributed by atoms with Crippen LogP contribution in [0.25, 0.3) is 0 Å². The first-order chi connectivity index (χ1) is 7.99. The van der Waals surface area contributed by atoms with Crippen LogP contribution >= 0.6 is 23.1 Å². The molecule has 0 amide bonds. The molecule has 0 saturated carbocycles. The van der Waals surface area contributed by atoms with Gasteiger partial charge in [-0.15, -0.1) is 11.3 Å². The van der Waals surface area contributed by atoms with E-state index >= 15 is 0 Å². The van der Waals surface area contributed by atoms with Gasteiger partial charge in [-0.1, -0.05) is 6.92 Å². The van der Waals surface area contributed by atoms with E-state index in [1.807, 2.05) is 6.92 Å². The van der Waals surface area contributed by atoms with Crippen molar-refractivity contribution in [3.05, 3.63) is 17.0 Å². The highest BCUT2D eigenvalue weighted by Crippen LogP contribution is 2.20. The summed E-state index contributed by atoms with van der Waals surface area (Å²) in [5, 5.41) is 1.78. The Hall–Kier alpha value is -0.0800. The third-order valence-electron chi connectivity index (χ3n) is 2.06. The third-order valence-corrected chi connectivity index (χ3v) is 6.28. The molecule has 0 aromatic carbocycles. The number of thioether (sulfide) groups is 1. The summed E-state index contributed by atoms with van der Waals surface area (Å²) in [4.78, 5) is 0. The Bertz CT molecular complexity index is 442. The molecule has 0 spiro atoms. The molecule has 0 fully saturated rings. The molecule has 98 valence electrons. The zero-order chi connectivity index (χ0) is 12.9. The average Bonchev–Trinajstić information content (AvgIpc) is 2.75. The predicted octanol–water partition coefficient (Wildman–Crippen LogP) is 1.63. The lowest BCUT2D eigenvalue weighted by atomic mass is 10.4. The number of nitrogens with two attached hydrogens (primary N) is 1. The molecule has 0 saturated heterocycles. The zero-order valence-electron chi connectivity index (χ0n) is 9.97. The molecule has 1 aromatic rings. The molecular formula is C10H18N2O2S3. The van der Waals surface area contributed by atoms with Gasteiger partial charge in [0.25, 0.3) is 0 Å². The van der Waals surface area contributed by atoms with Gasteiger partial charge in [0.2, 0.25) is 10.0 Å². The standard InChI is InChI=1S/C10H18N2O2S3/c1-3-15-6-8(2)12-17(13,14)10-4-9(5-11)7-16-10/h4,7-8,12H,3,5-6,11H2,1-2H3. The van der Waals surface area contributed by atoms with Crippen molar-refractivity contribution in [3.63, 3.8) is 0 Å². The van der Waals surface area contributed by atoms with E-state index in [9.17, 15) is 8.42 Å². The smallest absolute Gasteiger partial charge is 0.250 e. The molecule has 1 heterocycles. The zero-order valence-corrected chi connectivity index (χ0v) is 12.4. The Labute approximate surface area is 111 Å². The number of hydrogen-bond donors (Lipinski definition) is 2. The molecule has 1 rings (SSSR count). The van der Waals surface area contributed by atoms with Crippen LogP contribution in [0, 0.1) is 0 Å². The van der Waals surface area contributed by atoms with Gasteiger partial charge < -0.3 is 5.73 Å². The first-order valence-corrected chi connectivity index (χ1v) is 8.89. The van der Waals surface area contributed by atoms with Crippen LogP contribution in [0.1, 0.15) is 19.4 Å². The van der Waals surface area contributed by atoms with Crippen LogP contribution in [0.5, 0.6) is 0 Å². The van der Waals surface area contributed by atoms with E-state index in [1.54, 1.807) is 23.2 Å². The predicted molar refractivity (Wildman–Crippen MR) is 75.0 cm³/mol. The monoisotopic (exact) mass is 294 g/mol. The van der Waals surface area contributed by atoms with Crippen LogP contribution in [-0.4, -0.2) is 26.0 Å². The van der Waals surface area contributed by atoms with Gasteiger partial charge in [0.15, 0.2) is 0 Å². The van der Waals surface area contributed by atoms with E-state index in [2.05, 4.69) is 11.6 Å². The van der Waals surface area contributed by atoms with Crippen molar-refractivity contribution in [1.82, 2.24) is 4.72 Å². The van der Waals surface area contributed by atoms with E-state index in [1.165, 1.54) is 11.3 Å². The van der Waals surface area contributed by atoms with Crippen LogP contribution in [0.15, 0.2) is 15.7 Å². The summed E-state index contributed by atoms with van der Waals surface area (Å²) in [6.45, 7) is 4.30. The van der Waals surface area contributed by atoms with Crippen molar-refractivity contribution in [3.8, 4) is 0 Å². The number of thiophene rings is 1. The summed E-state index contributed by atoms with van der Waals surface area (Å²) in [7, 11) is -3.38. The number of sulfonamides is 1. The molecule has 1 atom stereocenters. The topological polar surface area (TPSA) is 72.2 Å². The Morgan fingerprint density at radius 1 is 1.59 bits per heavy atom. The Morgan fingerprint density at radius 3 is 2.82 bits per heavy atom. The largest absolute Gasteiger partial charge is 0.326 e. The van der Waals surface area contributed by atoms with Gasteiger partial charge in [0.05, 0.1) is 0 Å². The Morgan fingerprint density at radius 2 is 2.29 bits per heavy atom. The van der Waals surface area contributed by atoms with Crippen LogP contribution in [0.2, 0.25) is 0 Å². The summed E-state index contributed by atoms with van der Waals surface area (Å²) in [6.07, 6.45) is 0. The van der Waals surface area contributed by atoms with Crippen molar-refractivity contribution in [1.29, 1.82) is 0 Å². The number of nitrogens with one attached hydrogen (secondary N) is 1. The first-order valence-electron chi connectivity index (χ1n) is 5.37. The summed E-state index contributed by atoms with van der Waals surface area (Å²) in [5.74, 6) is 1.77. The van der Waals surface area contributed by atoms with Gasteiger partial charge >= 0.3 is 0 Å². The highest BCUT2D eigenvalue weighted by atomic mass is 32.2. The molecule has 0 bridgehead atoms. The van der Waals surface area contributed by atoms with Gasteiger partial charge in [-0.25, -0.2) is 13.1 Å². The number of hydrogen-bond acceptors (Lipinski definition) is 5. The molecular weight excluding hydrogens is 276 g/mol. The highest BCUT2D eigenvalue weighted by molar-refractivity contribution is 7.99. The summed E-state index contributed by atoms with van der Waals surface area (Å²) < 4.78 is 27.0. The van der Waals surface area contributed by atoms with E-state index in [-0.39, 0.29) is 6.04 Å². The van der Waals surface area contributed by atoms with Crippen molar-refractivity contribution < 1.29 is 8.42 Å². The van der Waals surface area contributed by atoms with Crippen LogP contribution < -0.4 is 10.5 Å². The van der Waals surface area contributed by atoms with Gasteiger partial charge in [-0.2, -0.15) is 11.8 Å². The van der Waals surface area contributed by atoms with E-state index in [0.717, 1.165) is 17.1 Å². The van der Waals surface area contributed by atoms with Gasteiger partial charge in [0, 0.05) is 18.3 Å². The third kappa shape index (κ3) is 4.59. The Balaban J connectivity index is 2.68. The van der Waals surface area contributed by atoms with Gasteiger partial charge in [-0.3, -0.25) is 0 Å². The van der Waals surface area contributed by atoms with Crippen molar-refractivity contribution in [2.24, 2.45) is 5.73 Å². The van der Waals surface area contributed by atoms with Gasteiger partial charge in [-0.05, 0) is 29.7 Å². The minimum absolute atomic E-state index is 0.0617. The van der Waals surface area contributed by atoms with E-state index in [4.69, 9.17) is 5.73 Å². The second-order valence-electron chi connectivity index (χ2n) is 3.66. The lowest BCUT2D eigenvalue weighted by Gasteiger charge is -2.12. The van der Waals surface area contributed by atoms with Crippen LogP contribution in [0.3, 0.4) is 0 Å². The summed E-state index contributed by atoms with van der Waals surface area (Å²) >= 11 is 2.93. The van der Waals surface area contributed by atoms with Crippen LogP contribution in [-0.2, 0) is 16.6 Å². The molecule has 1 aromatic heterocycles. The number of rotatable bonds is 7. The molecule has 0 aliphatic rings. The lowest BCUT2D eigenvalue weighted by molar-refractivity contribution is 0.573. The molecule has 3 N–H and O–H groups in total. The minimum Gasteiger partial charge on any atom is -0.326 e. The summed E-state index contributed by atoms with van der Waals surface area (Å²) in [6, 6.07) is 1.57. The molecule has 17 heavy (non-hydrogen) atoms. The molecule has 0 aliphatic heterocycles. The molecule has 0 aliphatic carbocycles. The molecule has 1 unspecified atom stereocenters. The second-order valence-corrected chi connectivity index (χ2v) is 7.83. The SMILES string of the molecule is CCSCC(C)NS(=O)(=O)c1cc(CN)cs1. The van der Waals surface area contributed by atoms with Crippen molar-refractivity contribution >= 4 is 33.1 Å². The molecule has 7 heteroatoms. The lowest BCUT2D eigenvalue weighted by Crippen LogP contribution is -2.33. The van der Waals surface area contributed by atoms with Gasteiger partial charge in [0.1, 0.15) is 4.21 Å². The van der Waals surface area contributed by atoms with Crippen molar-refractivity contribution in [2.75, 3.05) is 11.5 Å². The molecule has 4 nitrogen and oxygen atoms in total. The second kappa shape index (κ2) is 6.75. The summed E-state index contributed by atoms with van der Waals surface area (Å²) in [5.41, 5.74) is 6.31. The molecule has 0 radical (unpaired) electrons. The average molecular weight is 294 g/mol. The first kappa shape index (κ1) is 15.0. The van der Waals surface area contributed by atoms with E-state index < -0.39 is 10.0 Å². The quantitative estimate of drug-likeness (QED) is 0.801. The fourth-order valence-electron chi connectivity index (χ4n) is 1.25. The fraction of sp³-hybridized carbons (Fsp3) is 0.600. The van der Waals surface area contributed by atoms with E-state index in [0.29, 0.717) is 10.8 Å². The maximum atomic E-state index is 12.0. The maximum absolute atomic E-state index is 12.0. The maximum Gasteiger partial charge on any atom is 0.250 e. The van der Waals surface area contributed by atoms with Crippen LogP contribution in [0.4, 0.5) is 0 Å². The Kier molecular flexibility index (Phi) is 5.94.